The topological polar surface area (TPSA) is 41.1 Å². The van der Waals surface area contributed by atoms with Gasteiger partial charge in [0.2, 0.25) is 0 Å². The molecular weight excluding hydrogens is 260 g/mol. The second-order valence-electron chi connectivity index (χ2n) is 6.44. The zero-order chi connectivity index (χ0) is 15.1. The molecule has 0 fully saturated rings. The van der Waals surface area contributed by atoms with Crippen LogP contribution in [0.25, 0.3) is 0 Å². The van der Waals surface area contributed by atoms with Gasteiger partial charge in [0.05, 0.1) is 0 Å². The van der Waals surface area contributed by atoms with Gasteiger partial charge in [-0.15, -0.1) is 0 Å². The number of benzene rings is 1. The molecule has 0 radical (unpaired) electrons. The van der Waals surface area contributed by atoms with E-state index < -0.39 is 0 Å². The van der Waals surface area contributed by atoms with Gasteiger partial charge in [0.25, 0.3) is 5.91 Å². The Labute approximate surface area is 128 Å². The third kappa shape index (κ3) is 5.16. The number of rotatable bonds is 8. The Morgan fingerprint density at radius 1 is 1.14 bits per heavy atom. The number of carbonyl (C=O) groups is 1. The molecule has 1 aliphatic rings. The van der Waals surface area contributed by atoms with Crippen LogP contribution in [0.5, 0.6) is 0 Å². The molecule has 3 nitrogen and oxygen atoms in total. The minimum absolute atomic E-state index is 0.0619. The molecule has 1 heterocycles. The first-order chi connectivity index (χ1) is 10.2. The summed E-state index contributed by atoms with van der Waals surface area (Å²) >= 11 is 0. The van der Waals surface area contributed by atoms with Gasteiger partial charge in [0, 0.05) is 25.2 Å². The number of carbonyl (C=O) groups excluding carboxylic acids is 1. The molecule has 0 atom stereocenters. The van der Waals surface area contributed by atoms with E-state index in [-0.39, 0.29) is 5.91 Å². The number of fused-ring (bicyclic) bond motifs is 1. The fourth-order valence-corrected chi connectivity index (χ4v) is 2.77. The number of amides is 1. The van der Waals surface area contributed by atoms with E-state index in [0.29, 0.717) is 0 Å². The molecule has 0 saturated heterocycles. The minimum Gasteiger partial charge on any atom is -0.352 e. The van der Waals surface area contributed by atoms with E-state index in [1.807, 2.05) is 12.1 Å². The first-order valence-electron chi connectivity index (χ1n) is 8.27. The van der Waals surface area contributed by atoms with Crippen LogP contribution < -0.4 is 10.6 Å². The number of unbranched alkanes of at least 4 members (excludes halogenated alkanes) is 3. The molecule has 21 heavy (non-hydrogen) atoms. The van der Waals surface area contributed by atoms with Crippen molar-refractivity contribution in [2.75, 3.05) is 6.54 Å². The minimum atomic E-state index is 0.0619. The van der Waals surface area contributed by atoms with Crippen LogP contribution in [0.1, 0.15) is 67.4 Å². The predicted octanol–water partition coefficient (Wildman–Crippen LogP) is 3.63. The second-order valence-corrected chi connectivity index (χ2v) is 6.44. The van der Waals surface area contributed by atoms with Gasteiger partial charge >= 0.3 is 0 Å². The van der Waals surface area contributed by atoms with E-state index in [1.165, 1.54) is 36.8 Å². The summed E-state index contributed by atoms with van der Waals surface area (Å²) in [5.41, 5.74) is 3.37. The average Bonchev–Trinajstić information content (AvgIpc) is 2.93. The molecular formula is C18H28N2O. The third-order valence-electron chi connectivity index (χ3n) is 4.09. The van der Waals surface area contributed by atoms with E-state index >= 15 is 0 Å². The van der Waals surface area contributed by atoms with Crippen LogP contribution in [-0.2, 0) is 13.1 Å². The normalized spacial score (nSPS) is 13.5. The van der Waals surface area contributed by atoms with Crippen molar-refractivity contribution in [2.24, 2.45) is 5.92 Å². The second kappa shape index (κ2) is 8.18. The maximum atomic E-state index is 12.1. The Hall–Kier alpha value is -1.35. The molecule has 0 bridgehead atoms. The molecule has 0 unspecified atom stereocenters. The molecule has 1 aromatic carbocycles. The highest BCUT2D eigenvalue weighted by Crippen LogP contribution is 2.17. The van der Waals surface area contributed by atoms with E-state index in [0.717, 1.165) is 37.5 Å². The van der Waals surface area contributed by atoms with Crippen molar-refractivity contribution in [3.05, 3.63) is 34.9 Å². The highest BCUT2D eigenvalue weighted by Gasteiger charge is 2.12. The van der Waals surface area contributed by atoms with Gasteiger partial charge in [-0.3, -0.25) is 4.79 Å². The molecule has 0 spiro atoms. The molecule has 0 aliphatic carbocycles. The molecule has 1 amide bonds. The molecule has 116 valence electrons. The summed E-state index contributed by atoms with van der Waals surface area (Å²) in [4.78, 5) is 12.1. The van der Waals surface area contributed by atoms with Crippen LogP contribution in [-0.4, -0.2) is 12.5 Å². The van der Waals surface area contributed by atoms with E-state index in [2.05, 4.69) is 30.5 Å². The summed E-state index contributed by atoms with van der Waals surface area (Å²) in [7, 11) is 0. The monoisotopic (exact) mass is 288 g/mol. The van der Waals surface area contributed by atoms with E-state index in [9.17, 15) is 4.79 Å². The van der Waals surface area contributed by atoms with Gasteiger partial charge in [0.15, 0.2) is 0 Å². The van der Waals surface area contributed by atoms with Crippen molar-refractivity contribution in [2.45, 2.75) is 59.0 Å². The Morgan fingerprint density at radius 2 is 1.90 bits per heavy atom. The Morgan fingerprint density at radius 3 is 2.71 bits per heavy atom. The van der Waals surface area contributed by atoms with Crippen LogP contribution in [0.4, 0.5) is 0 Å². The molecule has 0 saturated carbocycles. The summed E-state index contributed by atoms with van der Waals surface area (Å²) in [6, 6.07) is 6.02. The van der Waals surface area contributed by atoms with Gasteiger partial charge < -0.3 is 10.6 Å². The smallest absolute Gasteiger partial charge is 0.251 e. The van der Waals surface area contributed by atoms with Crippen LogP contribution in [0.15, 0.2) is 18.2 Å². The predicted molar refractivity (Wildman–Crippen MR) is 87.2 cm³/mol. The SMILES string of the molecule is CC(C)CCCCCCNC(=O)c1ccc2c(c1)CNC2. The highest BCUT2D eigenvalue weighted by molar-refractivity contribution is 5.94. The lowest BCUT2D eigenvalue weighted by Gasteiger charge is -2.07. The largest absolute Gasteiger partial charge is 0.352 e. The van der Waals surface area contributed by atoms with Crippen molar-refractivity contribution in [3.63, 3.8) is 0 Å². The van der Waals surface area contributed by atoms with Crippen LogP contribution >= 0.6 is 0 Å². The lowest BCUT2D eigenvalue weighted by molar-refractivity contribution is 0.0953. The summed E-state index contributed by atoms with van der Waals surface area (Å²) < 4.78 is 0. The van der Waals surface area contributed by atoms with Crippen LogP contribution in [0.3, 0.4) is 0 Å². The van der Waals surface area contributed by atoms with E-state index in [4.69, 9.17) is 0 Å². The Balaban J connectivity index is 1.63. The fraction of sp³-hybridized carbons (Fsp3) is 0.611. The molecule has 1 aliphatic heterocycles. The van der Waals surface area contributed by atoms with Crippen molar-refractivity contribution in [1.82, 2.24) is 10.6 Å². The first kappa shape index (κ1) is 16.0. The zero-order valence-corrected chi connectivity index (χ0v) is 13.4. The maximum absolute atomic E-state index is 12.1. The zero-order valence-electron chi connectivity index (χ0n) is 13.4. The maximum Gasteiger partial charge on any atom is 0.251 e. The lowest BCUT2D eigenvalue weighted by Crippen LogP contribution is -2.24. The summed E-state index contributed by atoms with van der Waals surface area (Å²) in [6.07, 6.45) is 6.19. The molecule has 0 aromatic heterocycles. The average molecular weight is 288 g/mol. The molecule has 3 heteroatoms. The lowest BCUT2D eigenvalue weighted by atomic mass is 10.0. The number of hydrogen-bond acceptors (Lipinski definition) is 2. The molecule has 2 rings (SSSR count). The van der Waals surface area contributed by atoms with Crippen molar-refractivity contribution < 1.29 is 4.79 Å². The van der Waals surface area contributed by atoms with Crippen molar-refractivity contribution in [1.29, 1.82) is 0 Å². The highest BCUT2D eigenvalue weighted by atomic mass is 16.1. The number of hydrogen-bond donors (Lipinski definition) is 2. The fourth-order valence-electron chi connectivity index (χ4n) is 2.77. The van der Waals surface area contributed by atoms with Gasteiger partial charge in [-0.05, 0) is 35.6 Å². The standard InChI is InChI=1S/C18H28N2O/c1-14(2)7-5-3-4-6-10-20-18(21)15-8-9-16-12-19-13-17(16)11-15/h8-9,11,14,19H,3-7,10,12-13H2,1-2H3,(H,20,21). The van der Waals surface area contributed by atoms with Crippen LogP contribution in [0.2, 0.25) is 0 Å². The number of nitrogens with one attached hydrogen (secondary N) is 2. The summed E-state index contributed by atoms with van der Waals surface area (Å²) in [5.74, 6) is 0.867. The van der Waals surface area contributed by atoms with Gasteiger partial charge in [0.1, 0.15) is 0 Å². The van der Waals surface area contributed by atoms with Gasteiger partial charge in [-0.1, -0.05) is 45.6 Å². The van der Waals surface area contributed by atoms with Crippen molar-refractivity contribution in [3.8, 4) is 0 Å². The summed E-state index contributed by atoms with van der Waals surface area (Å²) in [5, 5.41) is 6.33. The first-order valence-corrected chi connectivity index (χ1v) is 8.27. The molecule has 1 aromatic rings. The quantitative estimate of drug-likeness (QED) is 0.717. The summed E-state index contributed by atoms with van der Waals surface area (Å²) in [6.45, 7) is 7.13. The Bertz CT molecular complexity index is 468. The van der Waals surface area contributed by atoms with Gasteiger partial charge in [-0.25, -0.2) is 0 Å². The Kier molecular flexibility index (Phi) is 6.24. The van der Waals surface area contributed by atoms with Gasteiger partial charge in [-0.2, -0.15) is 0 Å². The van der Waals surface area contributed by atoms with Crippen molar-refractivity contribution >= 4 is 5.91 Å². The molecule has 2 N–H and O–H groups in total. The third-order valence-corrected chi connectivity index (χ3v) is 4.09. The van der Waals surface area contributed by atoms with Crippen LogP contribution in [0, 0.1) is 5.92 Å². The van der Waals surface area contributed by atoms with E-state index in [1.54, 1.807) is 0 Å².